The van der Waals surface area contributed by atoms with Crippen molar-refractivity contribution in [2.45, 2.75) is 55.8 Å². The molecular weight excluding hydrogens is 504 g/mol. The van der Waals surface area contributed by atoms with Crippen molar-refractivity contribution in [2.24, 2.45) is 0 Å². The minimum absolute atomic E-state index is 0.0353. The van der Waals surface area contributed by atoms with Crippen LogP contribution in [0.5, 0.6) is 28.7 Å². The Balaban J connectivity index is 1.70. The van der Waals surface area contributed by atoms with Crippen molar-refractivity contribution in [3.05, 3.63) is 41.0 Å². The minimum Gasteiger partial charge on any atom is -0.493 e. The predicted octanol–water partition coefficient (Wildman–Crippen LogP) is 0.154. The van der Waals surface area contributed by atoms with Gasteiger partial charge in [0.25, 0.3) is 0 Å². The molecule has 0 radical (unpaired) electrons. The van der Waals surface area contributed by atoms with E-state index in [0.29, 0.717) is 28.2 Å². The first-order valence-corrected chi connectivity index (χ1v) is 12.1. The lowest BCUT2D eigenvalue weighted by Gasteiger charge is -2.39. The molecule has 210 valence electrons. The number of aliphatic hydroxyl groups excluding tert-OH is 6. The average molecular weight is 539 g/mol. The van der Waals surface area contributed by atoms with Gasteiger partial charge in [0.15, 0.2) is 23.0 Å². The summed E-state index contributed by atoms with van der Waals surface area (Å²) < 4.78 is 34.1. The van der Waals surface area contributed by atoms with Gasteiger partial charge in [-0.05, 0) is 36.8 Å². The maximum Gasteiger partial charge on any atom is 0.229 e. The van der Waals surface area contributed by atoms with E-state index < -0.39 is 55.4 Å². The summed E-state index contributed by atoms with van der Waals surface area (Å²) in [6, 6.07) is 6.68. The third kappa shape index (κ3) is 4.96. The van der Waals surface area contributed by atoms with Gasteiger partial charge < -0.3 is 59.1 Å². The van der Waals surface area contributed by atoms with Gasteiger partial charge in [-0.1, -0.05) is 0 Å². The SMILES string of the molecule is COc1cc([C@H]2Oc3c(OC)cc(C(C)O)cc3[C@@H]2CO)cc(OC)c1O[C@@H]1O[C@H](CO)[C@@H](O)[C@H](O)[C@H]1O. The van der Waals surface area contributed by atoms with E-state index in [1.54, 1.807) is 31.2 Å². The van der Waals surface area contributed by atoms with Crippen LogP contribution in [-0.2, 0) is 4.74 Å². The average Bonchev–Trinajstić information content (AvgIpc) is 3.31. The number of hydrogen-bond donors (Lipinski definition) is 6. The molecule has 2 heterocycles. The minimum atomic E-state index is -1.64. The van der Waals surface area contributed by atoms with Gasteiger partial charge in [-0.2, -0.15) is 0 Å². The van der Waals surface area contributed by atoms with Gasteiger partial charge in [0, 0.05) is 11.1 Å². The summed E-state index contributed by atoms with van der Waals surface area (Å²) in [6.45, 7) is 0.754. The van der Waals surface area contributed by atoms with Gasteiger partial charge in [0.1, 0.15) is 30.5 Å². The van der Waals surface area contributed by atoms with Crippen LogP contribution in [0.2, 0.25) is 0 Å². The number of methoxy groups -OCH3 is 3. The number of aliphatic hydroxyl groups is 6. The van der Waals surface area contributed by atoms with Crippen LogP contribution in [0.4, 0.5) is 0 Å². The monoisotopic (exact) mass is 538 g/mol. The highest BCUT2D eigenvalue weighted by molar-refractivity contribution is 5.58. The molecule has 38 heavy (non-hydrogen) atoms. The first kappa shape index (κ1) is 28.2. The summed E-state index contributed by atoms with van der Waals surface area (Å²) in [5.41, 5.74) is 1.85. The third-order valence-electron chi connectivity index (χ3n) is 6.91. The molecule has 4 rings (SSSR count). The Kier molecular flexibility index (Phi) is 8.52. The second-order valence-corrected chi connectivity index (χ2v) is 9.21. The van der Waals surface area contributed by atoms with Crippen LogP contribution in [0.3, 0.4) is 0 Å². The lowest BCUT2D eigenvalue weighted by atomic mass is 9.90. The first-order valence-electron chi connectivity index (χ1n) is 12.1. The molecule has 12 heteroatoms. The second kappa shape index (κ2) is 11.5. The Hall–Kier alpha value is -2.84. The van der Waals surface area contributed by atoms with Gasteiger partial charge in [-0.15, -0.1) is 0 Å². The number of rotatable bonds is 9. The molecule has 2 aromatic carbocycles. The Morgan fingerprint density at radius 2 is 1.47 bits per heavy atom. The molecule has 2 aliphatic rings. The highest BCUT2D eigenvalue weighted by atomic mass is 16.7. The van der Waals surface area contributed by atoms with E-state index in [9.17, 15) is 30.6 Å². The van der Waals surface area contributed by atoms with Crippen molar-refractivity contribution >= 4 is 0 Å². The quantitative estimate of drug-likeness (QED) is 0.255. The summed E-state index contributed by atoms with van der Waals surface area (Å²) in [5, 5.41) is 60.5. The molecule has 12 nitrogen and oxygen atoms in total. The van der Waals surface area contributed by atoms with Crippen molar-refractivity contribution in [3.8, 4) is 28.7 Å². The summed E-state index contributed by atoms with van der Waals surface area (Å²) in [7, 11) is 4.28. The lowest BCUT2D eigenvalue weighted by molar-refractivity contribution is -0.277. The molecule has 0 saturated carbocycles. The maximum atomic E-state index is 10.4. The van der Waals surface area contributed by atoms with E-state index in [-0.39, 0.29) is 23.9 Å². The molecule has 0 aliphatic carbocycles. The zero-order valence-corrected chi connectivity index (χ0v) is 21.5. The molecule has 0 amide bonds. The molecule has 1 unspecified atom stereocenters. The first-order chi connectivity index (χ1) is 18.2. The van der Waals surface area contributed by atoms with Crippen LogP contribution < -0.4 is 23.7 Å². The summed E-state index contributed by atoms with van der Waals surface area (Å²) >= 11 is 0. The number of benzene rings is 2. The van der Waals surface area contributed by atoms with Crippen molar-refractivity contribution in [1.29, 1.82) is 0 Å². The van der Waals surface area contributed by atoms with Crippen LogP contribution >= 0.6 is 0 Å². The molecule has 0 spiro atoms. The number of ether oxygens (including phenoxy) is 6. The molecule has 1 fully saturated rings. The van der Waals surface area contributed by atoms with Gasteiger partial charge >= 0.3 is 0 Å². The van der Waals surface area contributed by atoms with E-state index in [0.717, 1.165) is 0 Å². The van der Waals surface area contributed by atoms with Gasteiger partial charge in [0.05, 0.1) is 46.6 Å². The van der Waals surface area contributed by atoms with Gasteiger partial charge in [-0.3, -0.25) is 0 Å². The summed E-state index contributed by atoms with van der Waals surface area (Å²) in [4.78, 5) is 0. The standard InChI is InChI=1S/C26H34O12/c1-11(29)12-5-14-15(9-27)23(37-24(14)16(6-12)33-2)13-7-17(34-3)25(18(8-13)35-4)38-26-22(32)21(31)20(30)19(10-28)36-26/h5-8,11,15,19-23,26-32H,9-10H2,1-4H3/t11?,15-,19+,20+,21-,22+,23+,26-/m0/s1. The molecule has 0 bridgehead atoms. The van der Waals surface area contributed by atoms with Crippen LogP contribution in [0.25, 0.3) is 0 Å². The fourth-order valence-electron chi connectivity index (χ4n) is 4.77. The zero-order valence-electron chi connectivity index (χ0n) is 21.5. The Morgan fingerprint density at radius 1 is 0.842 bits per heavy atom. The van der Waals surface area contributed by atoms with E-state index >= 15 is 0 Å². The molecule has 0 aromatic heterocycles. The molecule has 8 atom stereocenters. The van der Waals surface area contributed by atoms with E-state index in [1.165, 1.54) is 21.3 Å². The fourth-order valence-corrected chi connectivity index (χ4v) is 4.77. The lowest BCUT2D eigenvalue weighted by Crippen LogP contribution is -2.60. The number of hydrogen-bond acceptors (Lipinski definition) is 12. The van der Waals surface area contributed by atoms with Crippen LogP contribution in [-0.4, -0.2) is 95.9 Å². The van der Waals surface area contributed by atoms with Crippen molar-refractivity contribution in [2.75, 3.05) is 34.5 Å². The van der Waals surface area contributed by atoms with Crippen LogP contribution in [0.15, 0.2) is 24.3 Å². The zero-order chi connectivity index (χ0) is 27.7. The van der Waals surface area contributed by atoms with E-state index in [2.05, 4.69) is 0 Å². The van der Waals surface area contributed by atoms with E-state index in [4.69, 9.17) is 28.4 Å². The molecular formula is C26H34O12. The fraction of sp³-hybridized carbons (Fsp3) is 0.538. The molecule has 6 N–H and O–H groups in total. The highest BCUT2D eigenvalue weighted by Gasteiger charge is 2.45. The smallest absolute Gasteiger partial charge is 0.229 e. The largest absolute Gasteiger partial charge is 0.493 e. The van der Waals surface area contributed by atoms with Gasteiger partial charge in [0.2, 0.25) is 12.0 Å². The Bertz CT molecular complexity index is 1090. The normalized spacial score (nSPS) is 29.3. The summed E-state index contributed by atoms with van der Waals surface area (Å²) in [6.07, 6.45) is -8.86. The van der Waals surface area contributed by atoms with Crippen LogP contribution in [0.1, 0.15) is 41.7 Å². The van der Waals surface area contributed by atoms with Crippen molar-refractivity contribution in [3.63, 3.8) is 0 Å². The Labute approximate surface area is 219 Å². The predicted molar refractivity (Wildman–Crippen MR) is 131 cm³/mol. The number of fused-ring (bicyclic) bond motifs is 1. The van der Waals surface area contributed by atoms with Gasteiger partial charge in [-0.25, -0.2) is 0 Å². The molecule has 2 aliphatic heterocycles. The molecule has 2 aromatic rings. The van der Waals surface area contributed by atoms with Crippen molar-refractivity contribution in [1.82, 2.24) is 0 Å². The van der Waals surface area contributed by atoms with E-state index in [1.807, 2.05) is 0 Å². The van der Waals surface area contributed by atoms with Crippen LogP contribution in [0, 0.1) is 0 Å². The summed E-state index contributed by atoms with van der Waals surface area (Å²) in [5.74, 6) is 0.729. The Morgan fingerprint density at radius 3 is 2.00 bits per heavy atom. The maximum absolute atomic E-state index is 10.4. The molecule has 1 saturated heterocycles. The second-order valence-electron chi connectivity index (χ2n) is 9.21. The van der Waals surface area contributed by atoms with Crippen molar-refractivity contribution < 1.29 is 59.1 Å². The highest BCUT2D eigenvalue weighted by Crippen LogP contribution is 2.53. The third-order valence-corrected chi connectivity index (χ3v) is 6.91. The topological polar surface area (TPSA) is 177 Å².